The molecule has 0 atom stereocenters. The van der Waals surface area contributed by atoms with Crippen molar-refractivity contribution in [3.05, 3.63) is 64.6 Å². The Kier molecular flexibility index (Phi) is 4.40. The standard InChI is InChI=1S/C19H13FN2O2S2/c1-24-15-5-3-2-4-13(15)14-10-25-19(21-14)22-18(23)17-9-11-8-12(20)6-7-16(11)26-17/h2-10H,1H3,(H,21,22,23). The molecule has 4 rings (SSSR count). The number of thiazole rings is 1. The van der Waals surface area contributed by atoms with E-state index < -0.39 is 0 Å². The van der Waals surface area contributed by atoms with E-state index in [0.29, 0.717) is 15.4 Å². The van der Waals surface area contributed by atoms with Gasteiger partial charge < -0.3 is 4.74 Å². The van der Waals surface area contributed by atoms with E-state index in [1.807, 2.05) is 29.6 Å². The van der Waals surface area contributed by atoms with Crippen molar-refractivity contribution in [2.45, 2.75) is 0 Å². The Morgan fingerprint density at radius 3 is 2.88 bits per heavy atom. The van der Waals surface area contributed by atoms with Gasteiger partial charge in [-0.1, -0.05) is 12.1 Å². The van der Waals surface area contributed by atoms with E-state index >= 15 is 0 Å². The van der Waals surface area contributed by atoms with Gasteiger partial charge in [0.2, 0.25) is 0 Å². The number of hydrogen-bond acceptors (Lipinski definition) is 5. The number of fused-ring (bicyclic) bond motifs is 1. The first kappa shape index (κ1) is 16.7. The number of para-hydroxylation sites is 1. The molecule has 0 unspecified atom stereocenters. The van der Waals surface area contributed by atoms with Crippen LogP contribution in [0.3, 0.4) is 0 Å². The molecule has 0 spiro atoms. The van der Waals surface area contributed by atoms with Crippen LogP contribution in [0, 0.1) is 5.82 Å². The second kappa shape index (κ2) is 6.86. The molecule has 4 aromatic rings. The van der Waals surface area contributed by atoms with Gasteiger partial charge in [-0.15, -0.1) is 22.7 Å². The largest absolute Gasteiger partial charge is 0.496 e. The van der Waals surface area contributed by atoms with Gasteiger partial charge in [-0.05, 0) is 41.8 Å². The molecule has 0 saturated carbocycles. The summed E-state index contributed by atoms with van der Waals surface area (Å²) in [5.74, 6) is 0.151. The van der Waals surface area contributed by atoms with Gasteiger partial charge in [0.05, 0.1) is 17.7 Å². The number of amides is 1. The number of ether oxygens (including phenoxy) is 1. The van der Waals surface area contributed by atoms with Crippen molar-refractivity contribution in [3.63, 3.8) is 0 Å². The molecule has 130 valence electrons. The summed E-state index contributed by atoms with van der Waals surface area (Å²) < 4.78 is 19.5. The van der Waals surface area contributed by atoms with Crippen molar-refractivity contribution in [1.82, 2.24) is 4.98 Å². The average molecular weight is 384 g/mol. The van der Waals surface area contributed by atoms with E-state index in [9.17, 15) is 9.18 Å². The Labute approximate surface area is 156 Å². The Morgan fingerprint density at radius 2 is 2.04 bits per heavy atom. The molecule has 1 amide bonds. The van der Waals surface area contributed by atoms with Crippen LogP contribution in [0.1, 0.15) is 9.67 Å². The maximum absolute atomic E-state index is 13.3. The zero-order valence-corrected chi connectivity index (χ0v) is 15.3. The Hall–Kier alpha value is -2.77. The van der Waals surface area contributed by atoms with Gasteiger partial charge in [-0.2, -0.15) is 0 Å². The van der Waals surface area contributed by atoms with Crippen LogP contribution < -0.4 is 10.1 Å². The minimum atomic E-state index is -0.316. The molecule has 0 saturated heterocycles. The lowest BCUT2D eigenvalue weighted by atomic mass is 10.1. The number of nitrogens with one attached hydrogen (secondary N) is 1. The summed E-state index contributed by atoms with van der Waals surface area (Å²) in [5, 5.41) is 5.89. The van der Waals surface area contributed by atoms with Crippen LogP contribution in [0.15, 0.2) is 53.9 Å². The number of anilines is 1. The molecule has 26 heavy (non-hydrogen) atoms. The van der Waals surface area contributed by atoms with Gasteiger partial charge in [0.25, 0.3) is 5.91 Å². The fourth-order valence-corrected chi connectivity index (χ4v) is 4.24. The number of benzene rings is 2. The minimum Gasteiger partial charge on any atom is -0.496 e. The Balaban J connectivity index is 1.57. The van der Waals surface area contributed by atoms with Crippen molar-refractivity contribution in [1.29, 1.82) is 0 Å². The average Bonchev–Trinajstić information content (AvgIpc) is 3.28. The van der Waals surface area contributed by atoms with Crippen molar-refractivity contribution in [2.75, 3.05) is 12.4 Å². The van der Waals surface area contributed by atoms with E-state index in [-0.39, 0.29) is 11.7 Å². The number of halogens is 1. The number of carbonyl (C=O) groups excluding carboxylic acids is 1. The number of rotatable bonds is 4. The molecular formula is C19H13FN2O2S2. The molecule has 2 heterocycles. The van der Waals surface area contributed by atoms with Crippen LogP contribution in [-0.4, -0.2) is 18.0 Å². The van der Waals surface area contributed by atoms with Gasteiger partial charge in [0.1, 0.15) is 11.6 Å². The topological polar surface area (TPSA) is 51.2 Å². The third-order valence-electron chi connectivity index (χ3n) is 3.81. The normalized spacial score (nSPS) is 10.8. The highest BCUT2D eigenvalue weighted by Gasteiger charge is 2.14. The number of thiophene rings is 1. The van der Waals surface area contributed by atoms with Crippen LogP contribution in [-0.2, 0) is 0 Å². The third kappa shape index (κ3) is 3.18. The van der Waals surface area contributed by atoms with E-state index in [1.165, 1.54) is 34.8 Å². The summed E-state index contributed by atoms with van der Waals surface area (Å²) in [5.41, 5.74) is 1.60. The second-order valence-electron chi connectivity index (χ2n) is 5.49. The molecule has 1 N–H and O–H groups in total. The second-order valence-corrected chi connectivity index (χ2v) is 7.43. The molecule has 7 heteroatoms. The van der Waals surface area contributed by atoms with E-state index in [0.717, 1.165) is 21.7 Å². The fourth-order valence-electron chi connectivity index (χ4n) is 2.60. The predicted octanol–water partition coefficient (Wildman–Crippen LogP) is 5.42. The number of hydrogen-bond donors (Lipinski definition) is 1. The number of nitrogens with zero attached hydrogens (tertiary/aromatic N) is 1. The van der Waals surface area contributed by atoms with Gasteiger partial charge in [-0.25, -0.2) is 9.37 Å². The van der Waals surface area contributed by atoms with E-state index in [1.54, 1.807) is 19.2 Å². The summed E-state index contributed by atoms with van der Waals surface area (Å²) in [4.78, 5) is 17.5. The SMILES string of the molecule is COc1ccccc1-c1csc(NC(=O)c2cc3cc(F)ccc3s2)n1. The monoisotopic (exact) mass is 384 g/mol. The lowest BCUT2D eigenvalue weighted by molar-refractivity contribution is 0.103. The van der Waals surface area contributed by atoms with E-state index in [2.05, 4.69) is 10.3 Å². The highest BCUT2D eigenvalue weighted by molar-refractivity contribution is 7.21. The lowest BCUT2D eigenvalue weighted by Gasteiger charge is -2.04. The molecule has 0 aliphatic rings. The zero-order chi connectivity index (χ0) is 18.1. The smallest absolute Gasteiger partial charge is 0.267 e. The molecular weight excluding hydrogens is 371 g/mol. The van der Waals surface area contributed by atoms with Gasteiger partial charge in [-0.3, -0.25) is 10.1 Å². The Bertz CT molecular complexity index is 1100. The van der Waals surface area contributed by atoms with Crippen LogP contribution in [0.5, 0.6) is 5.75 Å². The maximum Gasteiger partial charge on any atom is 0.267 e. The molecule has 0 fully saturated rings. The first-order valence-corrected chi connectivity index (χ1v) is 9.43. The summed E-state index contributed by atoms with van der Waals surface area (Å²) in [7, 11) is 1.61. The van der Waals surface area contributed by atoms with Crippen LogP contribution in [0.2, 0.25) is 0 Å². The van der Waals surface area contributed by atoms with Crippen LogP contribution >= 0.6 is 22.7 Å². The summed E-state index contributed by atoms with van der Waals surface area (Å²) >= 11 is 2.66. The third-order valence-corrected chi connectivity index (χ3v) is 5.68. The Morgan fingerprint density at radius 1 is 1.19 bits per heavy atom. The lowest BCUT2D eigenvalue weighted by Crippen LogP contribution is -2.09. The van der Waals surface area contributed by atoms with Gasteiger partial charge >= 0.3 is 0 Å². The molecule has 0 bridgehead atoms. The summed E-state index contributed by atoms with van der Waals surface area (Å²) in [6, 6.07) is 13.8. The highest BCUT2D eigenvalue weighted by atomic mass is 32.1. The number of methoxy groups -OCH3 is 1. The summed E-state index contributed by atoms with van der Waals surface area (Å²) in [6.07, 6.45) is 0. The molecule has 0 aliphatic carbocycles. The molecule has 2 aromatic carbocycles. The molecule has 4 nitrogen and oxygen atoms in total. The number of carbonyl (C=O) groups is 1. The summed E-state index contributed by atoms with van der Waals surface area (Å²) in [6.45, 7) is 0. The highest BCUT2D eigenvalue weighted by Crippen LogP contribution is 2.32. The quantitative estimate of drug-likeness (QED) is 0.511. The molecule has 0 aliphatic heterocycles. The van der Waals surface area contributed by atoms with E-state index in [4.69, 9.17) is 4.74 Å². The van der Waals surface area contributed by atoms with Crippen molar-refractivity contribution >= 4 is 43.8 Å². The fraction of sp³-hybridized carbons (Fsp3) is 0.0526. The van der Waals surface area contributed by atoms with Crippen LogP contribution in [0.25, 0.3) is 21.3 Å². The maximum atomic E-state index is 13.3. The van der Waals surface area contributed by atoms with Crippen LogP contribution in [0.4, 0.5) is 9.52 Å². The first-order valence-electron chi connectivity index (χ1n) is 7.73. The minimum absolute atomic E-state index is 0.257. The van der Waals surface area contributed by atoms with Gasteiger partial charge in [0.15, 0.2) is 5.13 Å². The molecule has 0 radical (unpaired) electrons. The van der Waals surface area contributed by atoms with Gasteiger partial charge in [0, 0.05) is 15.6 Å². The van der Waals surface area contributed by atoms with Crippen molar-refractivity contribution < 1.29 is 13.9 Å². The zero-order valence-electron chi connectivity index (χ0n) is 13.7. The molecule has 2 aromatic heterocycles. The number of aromatic nitrogens is 1. The van der Waals surface area contributed by atoms with Crippen molar-refractivity contribution in [2.24, 2.45) is 0 Å². The first-order chi connectivity index (χ1) is 12.6. The predicted molar refractivity (Wildman–Crippen MR) is 104 cm³/mol. The van der Waals surface area contributed by atoms with Crippen molar-refractivity contribution in [3.8, 4) is 17.0 Å².